The molecule has 0 saturated heterocycles. The Morgan fingerprint density at radius 3 is 2.15 bits per heavy atom. The van der Waals surface area contributed by atoms with Gasteiger partial charge in [-0.2, -0.15) is 13.2 Å². The number of carbonyl (C=O) groups is 1. The molecule has 0 spiro atoms. The third kappa shape index (κ3) is 5.47. The van der Waals surface area contributed by atoms with Gasteiger partial charge in [-0.15, -0.1) is 0 Å². The minimum atomic E-state index is -5.04. The summed E-state index contributed by atoms with van der Waals surface area (Å²) in [6, 6.07) is 25.3. The van der Waals surface area contributed by atoms with Crippen molar-refractivity contribution < 1.29 is 36.6 Å². The molecule has 0 radical (unpaired) electrons. The summed E-state index contributed by atoms with van der Waals surface area (Å²) < 4.78 is 62.7. The molecule has 0 atom stereocenters. The molecule has 5 rings (SSSR count). The fraction of sp³-hybridized carbons (Fsp3) is 0.0667. The maximum Gasteiger partial charge on any atom is 0.453 e. The number of alkyl halides is 3. The fourth-order valence-electron chi connectivity index (χ4n) is 3.88. The Labute approximate surface area is 219 Å². The molecule has 0 aliphatic carbocycles. The molecule has 4 aromatic carbocycles. The number of ether oxygens (including phenoxy) is 3. The Morgan fingerprint density at radius 2 is 1.46 bits per heavy atom. The molecule has 0 aliphatic rings. The highest BCUT2D eigenvalue weighted by atomic mass is 19.4. The summed E-state index contributed by atoms with van der Waals surface area (Å²) in [5.41, 5.74) is 0.444. The molecule has 0 fully saturated rings. The van der Waals surface area contributed by atoms with E-state index in [4.69, 9.17) is 18.6 Å². The van der Waals surface area contributed by atoms with Crippen molar-refractivity contribution in [2.75, 3.05) is 7.11 Å². The summed E-state index contributed by atoms with van der Waals surface area (Å²) in [5.74, 6) is -3.05. The number of methoxy groups -OCH3 is 1. The predicted octanol–water partition coefficient (Wildman–Crippen LogP) is 7.50. The fourth-order valence-corrected chi connectivity index (χ4v) is 3.88. The average molecular weight is 532 g/mol. The molecule has 0 aliphatic heterocycles. The van der Waals surface area contributed by atoms with Crippen LogP contribution in [0.1, 0.15) is 16.1 Å². The summed E-state index contributed by atoms with van der Waals surface area (Å²) in [5, 5.41) is -0.180. The summed E-state index contributed by atoms with van der Waals surface area (Å²) in [7, 11) is 1.44. The van der Waals surface area contributed by atoms with E-state index in [1.807, 2.05) is 30.3 Å². The predicted molar refractivity (Wildman–Crippen MR) is 137 cm³/mol. The van der Waals surface area contributed by atoms with Crippen LogP contribution in [0.3, 0.4) is 0 Å². The van der Waals surface area contributed by atoms with Gasteiger partial charge in [-0.3, -0.25) is 4.79 Å². The van der Waals surface area contributed by atoms with Crippen molar-refractivity contribution in [2.24, 2.45) is 0 Å². The maximum atomic E-state index is 13.9. The van der Waals surface area contributed by atoms with Gasteiger partial charge in [-0.25, -0.2) is 4.79 Å². The SMILES string of the molecule is COc1cccc(C(=O)Oc2ccc3c(=O)c(Oc4ccc(-c5ccccc5)cc4)c(C(F)(F)F)oc3c2)c1. The number of benzene rings is 4. The zero-order valence-electron chi connectivity index (χ0n) is 20.3. The first kappa shape index (κ1) is 25.6. The summed E-state index contributed by atoms with van der Waals surface area (Å²) in [6.45, 7) is 0. The lowest BCUT2D eigenvalue weighted by molar-refractivity contribution is -0.154. The van der Waals surface area contributed by atoms with Gasteiger partial charge in [-0.1, -0.05) is 48.5 Å². The van der Waals surface area contributed by atoms with Crippen LogP contribution in [0.5, 0.6) is 23.0 Å². The Hall–Kier alpha value is -5.05. The smallest absolute Gasteiger partial charge is 0.453 e. The number of fused-ring (bicyclic) bond motifs is 1. The quantitative estimate of drug-likeness (QED) is 0.167. The van der Waals surface area contributed by atoms with Crippen molar-refractivity contribution in [1.82, 2.24) is 0 Å². The van der Waals surface area contributed by atoms with Crippen LogP contribution in [0.15, 0.2) is 106 Å². The molecule has 0 N–H and O–H groups in total. The van der Waals surface area contributed by atoms with Crippen molar-refractivity contribution in [1.29, 1.82) is 0 Å². The second-order valence-electron chi connectivity index (χ2n) is 8.36. The lowest BCUT2D eigenvalue weighted by Crippen LogP contribution is -2.15. The highest BCUT2D eigenvalue weighted by Gasteiger charge is 2.40. The van der Waals surface area contributed by atoms with E-state index in [-0.39, 0.29) is 22.4 Å². The second kappa shape index (κ2) is 10.4. The molecule has 39 heavy (non-hydrogen) atoms. The van der Waals surface area contributed by atoms with Crippen molar-refractivity contribution in [3.05, 3.63) is 119 Å². The Balaban J connectivity index is 1.48. The molecule has 5 aromatic rings. The van der Waals surface area contributed by atoms with Gasteiger partial charge in [-0.05, 0) is 53.6 Å². The minimum Gasteiger partial charge on any atom is -0.497 e. The van der Waals surface area contributed by atoms with Gasteiger partial charge >= 0.3 is 12.1 Å². The Kier molecular flexibility index (Phi) is 6.81. The molecule has 0 bridgehead atoms. The van der Waals surface area contributed by atoms with Crippen LogP contribution < -0.4 is 19.6 Å². The van der Waals surface area contributed by atoms with Crippen molar-refractivity contribution >= 4 is 16.9 Å². The first-order valence-corrected chi connectivity index (χ1v) is 11.6. The van der Waals surface area contributed by atoms with E-state index in [0.717, 1.165) is 17.2 Å². The zero-order valence-corrected chi connectivity index (χ0v) is 20.3. The lowest BCUT2D eigenvalue weighted by atomic mass is 10.1. The monoisotopic (exact) mass is 532 g/mol. The number of rotatable bonds is 6. The van der Waals surface area contributed by atoms with Gasteiger partial charge < -0.3 is 18.6 Å². The molecular formula is C30H19F3O6. The van der Waals surface area contributed by atoms with Crippen molar-refractivity contribution in [2.45, 2.75) is 6.18 Å². The summed E-state index contributed by atoms with van der Waals surface area (Å²) >= 11 is 0. The van der Waals surface area contributed by atoms with Gasteiger partial charge in [0.1, 0.15) is 22.8 Å². The number of halogens is 3. The van der Waals surface area contributed by atoms with E-state index < -0.39 is 34.7 Å². The van der Waals surface area contributed by atoms with Gasteiger partial charge in [0.05, 0.1) is 18.1 Å². The molecule has 0 amide bonds. The molecule has 1 heterocycles. The maximum absolute atomic E-state index is 13.9. The first-order chi connectivity index (χ1) is 18.7. The lowest BCUT2D eigenvalue weighted by Gasteiger charge is -2.14. The van der Waals surface area contributed by atoms with Gasteiger partial charge in [0, 0.05) is 6.07 Å². The van der Waals surface area contributed by atoms with Gasteiger partial charge in [0.2, 0.25) is 11.2 Å². The number of hydrogen-bond donors (Lipinski definition) is 0. The van der Waals surface area contributed by atoms with Crippen LogP contribution in [-0.4, -0.2) is 13.1 Å². The van der Waals surface area contributed by atoms with Crippen molar-refractivity contribution in [3.8, 4) is 34.1 Å². The van der Waals surface area contributed by atoms with Crippen LogP contribution in [0.25, 0.3) is 22.1 Å². The topological polar surface area (TPSA) is 75.0 Å². The minimum absolute atomic E-state index is 0.0238. The molecule has 196 valence electrons. The molecule has 0 saturated carbocycles. The van der Waals surface area contributed by atoms with E-state index in [2.05, 4.69) is 0 Å². The summed E-state index contributed by atoms with van der Waals surface area (Å²) in [4.78, 5) is 25.6. The van der Waals surface area contributed by atoms with Gasteiger partial charge in [0.25, 0.3) is 5.76 Å². The Morgan fingerprint density at radius 1 is 0.769 bits per heavy atom. The highest BCUT2D eigenvalue weighted by molar-refractivity contribution is 5.92. The standard InChI is InChI=1S/C30H19F3O6/c1-36-22-9-5-8-20(16-22)29(35)38-23-14-15-24-25(17-23)39-28(30(31,32)33)27(26(24)34)37-21-12-10-19(11-13-21)18-6-3-2-4-7-18/h2-17H,1H3. The van der Waals surface area contributed by atoms with Crippen LogP contribution in [-0.2, 0) is 6.18 Å². The van der Waals surface area contributed by atoms with E-state index in [1.165, 1.54) is 43.5 Å². The first-order valence-electron chi connectivity index (χ1n) is 11.6. The molecule has 1 aromatic heterocycles. The number of carbonyl (C=O) groups excluding carboxylic acids is 1. The number of hydrogen-bond acceptors (Lipinski definition) is 6. The van der Waals surface area contributed by atoms with Crippen molar-refractivity contribution in [3.63, 3.8) is 0 Å². The zero-order chi connectivity index (χ0) is 27.6. The molecule has 0 unspecified atom stereocenters. The van der Waals surface area contributed by atoms with E-state index in [0.29, 0.717) is 5.75 Å². The van der Waals surface area contributed by atoms with Gasteiger partial charge in [0.15, 0.2) is 0 Å². The Bertz CT molecular complexity index is 1710. The van der Waals surface area contributed by atoms with Crippen LogP contribution >= 0.6 is 0 Å². The third-order valence-corrected chi connectivity index (χ3v) is 5.78. The number of esters is 1. The normalized spacial score (nSPS) is 11.3. The van der Waals surface area contributed by atoms with Crippen LogP contribution in [0, 0.1) is 0 Å². The summed E-state index contributed by atoms with van der Waals surface area (Å²) in [6.07, 6.45) is -5.04. The second-order valence-corrected chi connectivity index (χ2v) is 8.36. The van der Waals surface area contributed by atoms with Crippen LogP contribution in [0.4, 0.5) is 13.2 Å². The third-order valence-electron chi connectivity index (χ3n) is 5.78. The molecule has 6 nitrogen and oxygen atoms in total. The van der Waals surface area contributed by atoms with E-state index >= 15 is 0 Å². The average Bonchev–Trinajstić information content (AvgIpc) is 2.94. The largest absolute Gasteiger partial charge is 0.497 e. The van der Waals surface area contributed by atoms with Crippen LogP contribution in [0.2, 0.25) is 0 Å². The van der Waals surface area contributed by atoms with E-state index in [1.54, 1.807) is 24.3 Å². The highest BCUT2D eigenvalue weighted by Crippen LogP contribution is 2.39. The molecular weight excluding hydrogens is 513 g/mol. The van der Waals surface area contributed by atoms with E-state index in [9.17, 15) is 22.8 Å². The molecule has 9 heteroatoms.